The fourth-order valence-electron chi connectivity index (χ4n) is 3.82. The van der Waals surface area contributed by atoms with Gasteiger partial charge in [0.2, 0.25) is 0 Å². The van der Waals surface area contributed by atoms with Gasteiger partial charge < -0.3 is 15.4 Å². The van der Waals surface area contributed by atoms with Crippen molar-refractivity contribution < 1.29 is 14.3 Å². The van der Waals surface area contributed by atoms with E-state index in [4.69, 9.17) is 17.0 Å². The van der Waals surface area contributed by atoms with Crippen LogP contribution in [0.2, 0.25) is 0 Å². The number of para-hydroxylation sites is 1. The van der Waals surface area contributed by atoms with Gasteiger partial charge in [0.15, 0.2) is 5.11 Å². The van der Waals surface area contributed by atoms with Crippen LogP contribution < -0.4 is 20.7 Å². The van der Waals surface area contributed by atoms with Crippen LogP contribution in [0.5, 0.6) is 5.75 Å². The predicted octanol–water partition coefficient (Wildman–Crippen LogP) is 6.65. The van der Waals surface area contributed by atoms with Crippen molar-refractivity contribution >= 4 is 34.8 Å². The second kappa shape index (κ2) is 14.8. The topological polar surface area (TPSA) is 79.5 Å². The highest BCUT2D eigenvalue weighted by molar-refractivity contribution is 7.80. The van der Waals surface area contributed by atoms with E-state index < -0.39 is 0 Å². The summed E-state index contributed by atoms with van der Waals surface area (Å²) >= 11 is 5.35. The smallest absolute Gasteiger partial charge is 0.257 e. The molecule has 0 bridgehead atoms. The van der Waals surface area contributed by atoms with Gasteiger partial charge in [-0.3, -0.25) is 14.9 Å². The molecule has 194 valence electrons. The second-order valence-electron chi connectivity index (χ2n) is 8.85. The molecule has 37 heavy (non-hydrogen) atoms. The van der Waals surface area contributed by atoms with Gasteiger partial charge in [-0.25, -0.2) is 0 Å². The number of carbonyl (C=O) groups is 2. The molecule has 1 unspecified atom stereocenters. The summed E-state index contributed by atoms with van der Waals surface area (Å²) in [5.74, 6) is 0.148. The number of carbonyl (C=O) groups excluding carboxylic acids is 2. The molecule has 0 heterocycles. The molecule has 3 aromatic carbocycles. The number of benzene rings is 3. The molecular weight excluding hydrogens is 482 g/mol. The van der Waals surface area contributed by atoms with Gasteiger partial charge in [-0.1, -0.05) is 75.1 Å². The van der Waals surface area contributed by atoms with Crippen molar-refractivity contribution in [1.29, 1.82) is 0 Å². The predicted molar refractivity (Wildman–Crippen MR) is 153 cm³/mol. The van der Waals surface area contributed by atoms with Gasteiger partial charge in [-0.2, -0.15) is 0 Å². The Bertz CT molecular complexity index is 1170. The summed E-state index contributed by atoms with van der Waals surface area (Å²) < 4.78 is 5.76. The molecule has 7 heteroatoms. The van der Waals surface area contributed by atoms with Crippen molar-refractivity contribution in [2.24, 2.45) is 0 Å². The van der Waals surface area contributed by atoms with Crippen LogP contribution >= 0.6 is 12.2 Å². The molecule has 6 nitrogen and oxygen atoms in total. The number of thiocarbonyl (C=S) groups is 1. The van der Waals surface area contributed by atoms with E-state index in [1.165, 1.54) is 19.3 Å². The summed E-state index contributed by atoms with van der Waals surface area (Å²) in [4.78, 5) is 25.6. The van der Waals surface area contributed by atoms with Crippen LogP contribution in [0.4, 0.5) is 5.69 Å². The number of hydrogen-bond donors (Lipinski definition) is 3. The normalized spacial score (nSPS) is 11.3. The van der Waals surface area contributed by atoms with Gasteiger partial charge in [-0.05, 0) is 67.5 Å². The van der Waals surface area contributed by atoms with Crippen LogP contribution in [-0.2, 0) is 0 Å². The van der Waals surface area contributed by atoms with E-state index in [9.17, 15) is 9.59 Å². The molecule has 1 atom stereocenters. The van der Waals surface area contributed by atoms with E-state index in [1.807, 2.05) is 37.3 Å². The van der Waals surface area contributed by atoms with Gasteiger partial charge >= 0.3 is 0 Å². The van der Waals surface area contributed by atoms with Crippen LogP contribution in [0.15, 0.2) is 78.9 Å². The summed E-state index contributed by atoms with van der Waals surface area (Å²) in [6, 6.07) is 23.6. The number of ether oxygens (including phenoxy) is 1. The van der Waals surface area contributed by atoms with E-state index in [1.54, 1.807) is 48.5 Å². The van der Waals surface area contributed by atoms with Gasteiger partial charge in [0.05, 0.1) is 23.9 Å². The van der Waals surface area contributed by atoms with Gasteiger partial charge in [0.25, 0.3) is 11.8 Å². The molecule has 0 spiro atoms. The van der Waals surface area contributed by atoms with E-state index in [0.717, 1.165) is 24.2 Å². The number of nitrogens with one attached hydrogen (secondary N) is 3. The van der Waals surface area contributed by atoms with E-state index in [0.29, 0.717) is 23.4 Å². The summed E-state index contributed by atoms with van der Waals surface area (Å²) in [5, 5.41) is 8.77. The standard InChI is InChI=1S/C30H35N3O3S/c1-3-4-5-6-12-21-36-25-19-17-24(18-20-25)28(34)33-30(37)32-27-16-11-10-15-26(27)29(35)31-22(2)23-13-8-7-9-14-23/h7-11,13-20,22H,3-6,12,21H2,1-2H3,(H,31,35)(H2,32,33,34,37). The molecule has 0 radical (unpaired) electrons. The molecular formula is C30H35N3O3S. The maximum atomic E-state index is 13.0. The zero-order valence-corrected chi connectivity index (χ0v) is 22.3. The maximum Gasteiger partial charge on any atom is 0.257 e. The Morgan fingerprint density at radius 1 is 0.838 bits per heavy atom. The first kappa shape index (κ1) is 27.9. The Morgan fingerprint density at radius 2 is 1.51 bits per heavy atom. The zero-order chi connectivity index (χ0) is 26.5. The lowest BCUT2D eigenvalue weighted by Gasteiger charge is -2.17. The van der Waals surface area contributed by atoms with E-state index >= 15 is 0 Å². The SMILES string of the molecule is CCCCCCCOc1ccc(C(=O)NC(=S)Nc2ccccc2C(=O)NC(C)c2ccccc2)cc1. The highest BCUT2D eigenvalue weighted by atomic mass is 32.1. The number of anilines is 1. The zero-order valence-electron chi connectivity index (χ0n) is 21.5. The Morgan fingerprint density at radius 3 is 2.24 bits per heavy atom. The minimum absolute atomic E-state index is 0.105. The molecule has 0 saturated heterocycles. The Kier molecular flexibility index (Phi) is 11.1. The molecule has 0 aliphatic heterocycles. The van der Waals surface area contributed by atoms with Crippen LogP contribution in [0.25, 0.3) is 0 Å². The minimum atomic E-state index is -0.344. The van der Waals surface area contributed by atoms with E-state index in [-0.39, 0.29) is 23.0 Å². The first-order chi connectivity index (χ1) is 18.0. The number of hydrogen-bond acceptors (Lipinski definition) is 4. The molecule has 0 saturated carbocycles. The number of unbranched alkanes of at least 4 members (excludes halogenated alkanes) is 4. The maximum absolute atomic E-state index is 13.0. The summed E-state index contributed by atoms with van der Waals surface area (Å²) in [6.07, 6.45) is 5.89. The van der Waals surface area contributed by atoms with Gasteiger partial charge in [0, 0.05) is 5.56 Å². The largest absolute Gasteiger partial charge is 0.494 e. The number of rotatable bonds is 12. The van der Waals surface area contributed by atoms with Crippen LogP contribution in [0.3, 0.4) is 0 Å². The molecule has 2 amide bonds. The van der Waals surface area contributed by atoms with Crippen molar-refractivity contribution in [3.63, 3.8) is 0 Å². The summed E-state index contributed by atoms with van der Waals surface area (Å²) in [5.41, 5.74) is 2.40. The summed E-state index contributed by atoms with van der Waals surface area (Å²) in [6.45, 7) is 4.79. The lowest BCUT2D eigenvalue weighted by molar-refractivity contribution is 0.0939. The van der Waals surface area contributed by atoms with Crippen LogP contribution in [0.1, 0.15) is 78.3 Å². The molecule has 3 aromatic rings. The third kappa shape index (κ3) is 9.03. The van der Waals surface area contributed by atoms with Crippen molar-refractivity contribution in [1.82, 2.24) is 10.6 Å². The van der Waals surface area contributed by atoms with Crippen molar-refractivity contribution in [3.05, 3.63) is 95.6 Å². The lowest BCUT2D eigenvalue weighted by atomic mass is 10.1. The average Bonchev–Trinajstić information content (AvgIpc) is 2.91. The first-order valence-electron chi connectivity index (χ1n) is 12.8. The highest BCUT2D eigenvalue weighted by Gasteiger charge is 2.16. The monoisotopic (exact) mass is 517 g/mol. The molecule has 3 rings (SSSR count). The Labute approximate surface area is 224 Å². The van der Waals surface area contributed by atoms with Crippen molar-refractivity contribution in [3.8, 4) is 5.75 Å². The Balaban J connectivity index is 1.52. The molecule has 0 aliphatic rings. The van der Waals surface area contributed by atoms with Gasteiger partial charge in [0.1, 0.15) is 5.75 Å². The lowest BCUT2D eigenvalue weighted by Crippen LogP contribution is -2.35. The summed E-state index contributed by atoms with van der Waals surface area (Å²) in [7, 11) is 0. The fourth-order valence-corrected chi connectivity index (χ4v) is 4.02. The van der Waals surface area contributed by atoms with Crippen molar-refractivity contribution in [2.75, 3.05) is 11.9 Å². The van der Waals surface area contributed by atoms with Crippen LogP contribution in [0, 0.1) is 0 Å². The van der Waals surface area contributed by atoms with Crippen molar-refractivity contribution in [2.45, 2.75) is 52.0 Å². The average molecular weight is 518 g/mol. The first-order valence-corrected chi connectivity index (χ1v) is 13.2. The van der Waals surface area contributed by atoms with Gasteiger partial charge in [-0.15, -0.1) is 0 Å². The number of amides is 2. The van der Waals surface area contributed by atoms with Crippen LogP contribution in [-0.4, -0.2) is 23.5 Å². The highest BCUT2D eigenvalue weighted by Crippen LogP contribution is 2.18. The fraction of sp³-hybridized carbons (Fsp3) is 0.300. The quantitative estimate of drug-likeness (QED) is 0.185. The Hall–Kier alpha value is -3.71. The van der Waals surface area contributed by atoms with E-state index in [2.05, 4.69) is 22.9 Å². The molecule has 3 N–H and O–H groups in total. The third-order valence-corrected chi connectivity index (χ3v) is 6.13. The second-order valence-corrected chi connectivity index (χ2v) is 9.25. The molecule has 0 fully saturated rings. The molecule has 0 aromatic heterocycles. The minimum Gasteiger partial charge on any atom is -0.494 e. The molecule has 0 aliphatic carbocycles. The third-order valence-electron chi connectivity index (χ3n) is 5.93.